The second kappa shape index (κ2) is 8.35. The van der Waals surface area contributed by atoms with Gasteiger partial charge in [-0.1, -0.05) is 12.1 Å². The number of carbonyl (C=O) groups is 2. The van der Waals surface area contributed by atoms with Crippen LogP contribution < -0.4 is 16.4 Å². The maximum Gasteiger partial charge on any atom is 0.274 e. The SMILES string of the molecule is C[C@@H]1CNC(=O)c2cc3ccc(C(=O)Nc4cnn(Cc5ccc(N)cc5)c4)nc3n21.Cl. The first-order valence-corrected chi connectivity index (χ1v) is 9.96. The Bertz CT molecular complexity index is 1310. The summed E-state index contributed by atoms with van der Waals surface area (Å²) in [5, 5.41) is 10.8. The molecule has 9 nitrogen and oxygen atoms in total. The molecule has 4 aromatic rings. The van der Waals surface area contributed by atoms with Gasteiger partial charge in [0.05, 0.1) is 24.5 Å². The molecule has 4 N–H and O–H groups in total. The van der Waals surface area contributed by atoms with Crippen molar-refractivity contribution in [2.45, 2.75) is 19.5 Å². The lowest BCUT2D eigenvalue weighted by atomic mass is 10.2. The predicted molar refractivity (Wildman–Crippen MR) is 124 cm³/mol. The summed E-state index contributed by atoms with van der Waals surface area (Å²) < 4.78 is 3.62. The molecule has 32 heavy (non-hydrogen) atoms. The van der Waals surface area contributed by atoms with Gasteiger partial charge >= 0.3 is 0 Å². The smallest absolute Gasteiger partial charge is 0.274 e. The van der Waals surface area contributed by atoms with Crippen molar-refractivity contribution in [2.75, 3.05) is 17.6 Å². The van der Waals surface area contributed by atoms with E-state index < -0.39 is 0 Å². The van der Waals surface area contributed by atoms with Crippen molar-refractivity contribution in [1.29, 1.82) is 0 Å². The van der Waals surface area contributed by atoms with Gasteiger partial charge in [0.1, 0.15) is 17.0 Å². The highest BCUT2D eigenvalue weighted by Gasteiger charge is 2.25. The summed E-state index contributed by atoms with van der Waals surface area (Å²) in [4.78, 5) is 29.5. The largest absolute Gasteiger partial charge is 0.399 e. The molecule has 0 radical (unpaired) electrons. The Morgan fingerprint density at radius 2 is 2.03 bits per heavy atom. The first-order valence-electron chi connectivity index (χ1n) is 9.96. The molecule has 0 saturated heterocycles. The molecular weight excluding hydrogens is 430 g/mol. The average molecular weight is 452 g/mol. The second-order valence-corrected chi connectivity index (χ2v) is 7.69. The monoisotopic (exact) mass is 451 g/mol. The van der Waals surface area contributed by atoms with Crippen LogP contribution in [0.3, 0.4) is 0 Å². The number of anilines is 2. The van der Waals surface area contributed by atoms with E-state index in [9.17, 15) is 9.59 Å². The van der Waals surface area contributed by atoms with Gasteiger partial charge in [-0.15, -0.1) is 12.4 Å². The lowest BCUT2D eigenvalue weighted by molar-refractivity contribution is 0.0918. The molecule has 0 unspecified atom stereocenters. The van der Waals surface area contributed by atoms with Gasteiger partial charge in [-0.3, -0.25) is 14.3 Å². The number of nitrogen functional groups attached to an aromatic ring is 1. The molecule has 0 saturated carbocycles. The topological polar surface area (TPSA) is 120 Å². The normalized spacial score (nSPS) is 15.0. The van der Waals surface area contributed by atoms with Crippen LogP contribution in [0.2, 0.25) is 0 Å². The van der Waals surface area contributed by atoms with Crippen LogP contribution in [-0.4, -0.2) is 37.7 Å². The molecule has 10 heteroatoms. The molecule has 5 rings (SSSR count). The van der Waals surface area contributed by atoms with E-state index in [0.717, 1.165) is 10.9 Å². The molecule has 1 aliphatic heterocycles. The van der Waals surface area contributed by atoms with Gasteiger partial charge in [0, 0.05) is 23.8 Å². The molecule has 0 fully saturated rings. The van der Waals surface area contributed by atoms with Gasteiger partial charge in [0.15, 0.2) is 0 Å². The predicted octanol–water partition coefficient (Wildman–Crippen LogP) is 2.84. The summed E-state index contributed by atoms with van der Waals surface area (Å²) in [6.45, 7) is 3.10. The third-order valence-corrected chi connectivity index (χ3v) is 5.36. The zero-order valence-electron chi connectivity index (χ0n) is 17.3. The number of nitrogens with zero attached hydrogens (tertiary/aromatic N) is 4. The van der Waals surface area contributed by atoms with Gasteiger partial charge in [0.25, 0.3) is 11.8 Å². The van der Waals surface area contributed by atoms with Crippen molar-refractivity contribution in [1.82, 2.24) is 24.6 Å². The number of carbonyl (C=O) groups excluding carboxylic acids is 2. The van der Waals surface area contributed by atoms with E-state index in [1.807, 2.05) is 41.8 Å². The van der Waals surface area contributed by atoms with Gasteiger partial charge in [-0.05, 0) is 42.8 Å². The summed E-state index contributed by atoms with van der Waals surface area (Å²) in [6, 6.07) is 12.9. The fraction of sp³-hybridized carbons (Fsp3) is 0.182. The Hall–Kier alpha value is -3.85. The zero-order chi connectivity index (χ0) is 21.5. The standard InChI is InChI=1S/C22H21N7O2.ClH/c1-13-9-24-22(31)19-8-15-4-7-18(27-20(15)29(13)19)21(30)26-17-10-25-28(12-17)11-14-2-5-16(23)6-3-14;/h2-8,10,12-13H,9,11,23H2,1H3,(H,24,31)(H,26,30);1H/t13-;/m1./s1. The highest BCUT2D eigenvalue weighted by Crippen LogP contribution is 2.25. The Morgan fingerprint density at radius 1 is 1.25 bits per heavy atom. The molecule has 3 aromatic heterocycles. The minimum Gasteiger partial charge on any atom is -0.399 e. The second-order valence-electron chi connectivity index (χ2n) is 7.69. The maximum absolute atomic E-state index is 12.8. The fourth-order valence-corrected chi connectivity index (χ4v) is 3.79. The lowest BCUT2D eigenvalue weighted by Crippen LogP contribution is -2.37. The Morgan fingerprint density at radius 3 is 2.81 bits per heavy atom. The van der Waals surface area contributed by atoms with Crippen LogP contribution in [-0.2, 0) is 6.54 Å². The zero-order valence-corrected chi connectivity index (χ0v) is 18.1. The van der Waals surface area contributed by atoms with Crippen LogP contribution in [0, 0.1) is 0 Å². The third-order valence-electron chi connectivity index (χ3n) is 5.36. The number of hydrogen-bond acceptors (Lipinski definition) is 5. The molecule has 0 spiro atoms. The van der Waals surface area contributed by atoms with Crippen LogP contribution in [0.25, 0.3) is 11.0 Å². The van der Waals surface area contributed by atoms with Crippen molar-refractivity contribution in [3.05, 3.63) is 71.8 Å². The number of benzene rings is 1. The third kappa shape index (κ3) is 3.90. The van der Waals surface area contributed by atoms with Gasteiger partial charge in [0.2, 0.25) is 0 Å². The van der Waals surface area contributed by atoms with Gasteiger partial charge < -0.3 is 20.9 Å². The van der Waals surface area contributed by atoms with E-state index >= 15 is 0 Å². The summed E-state index contributed by atoms with van der Waals surface area (Å²) in [5.74, 6) is -0.465. The van der Waals surface area contributed by atoms with Crippen LogP contribution in [0.5, 0.6) is 0 Å². The molecule has 164 valence electrons. The number of nitrogens with one attached hydrogen (secondary N) is 2. The van der Waals surface area contributed by atoms with E-state index in [0.29, 0.717) is 35.8 Å². The number of pyridine rings is 1. The van der Waals surface area contributed by atoms with Crippen LogP contribution in [0.4, 0.5) is 11.4 Å². The quantitative estimate of drug-likeness (QED) is 0.412. The maximum atomic E-state index is 12.8. The van der Waals surface area contributed by atoms with Crippen molar-refractivity contribution >= 4 is 46.6 Å². The number of aromatic nitrogens is 4. The van der Waals surface area contributed by atoms with Crippen LogP contribution in [0.1, 0.15) is 39.5 Å². The van der Waals surface area contributed by atoms with E-state index in [1.165, 1.54) is 0 Å². The minimum absolute atomic E-state index is 0. The molecule has 1 aromatic carbocycles. The Kier molecular flexibility index (Phi) is 5.58. The van der Waals surface area contributed by atoms with Crippen molar-refractivity contribution in [2.24, 2.45) is 0 Å². The highest BCUT2D eigenvalue weighted by atomic mass is 35.5. The number of hydrogen-bond donors (Lipinski definition) is 3. The number of halogens is 1. The lowest BCUT2D eigenvalue weighted by Gasteiger charge is -2.23. The molecule has 1 aliphatic rings. The van der Waals surface area contributed by atoms with Crippen molar-refractivity contribution in [3.63, 3.8) is 0 Å². The summed E-state index contributed by atoms with van der Waals surface area (Å²) in [7, 11) is 0. The molecule has 0 aliphatic carbocycles. The molecular formula is C22H22ClN7O2. The number of fused-ring (bicyclic) bond motifs is 3. The summed E-state index contributed by atoms with van der Waals surface area (Å²) in [5.41, 5.74) is 9.52. The highest BCUT2D eigenvalue weighted by molar-refractivity contribution is 6.04. The fourth-order valence-electron chi connectivity index (χ4n) is 3.79. The van der Waals surface area contributed by atoms with E-state index in [1.54, 1.807) is 29.2 Å². The number of nitrogens with two attached hydrogens (primary N) is 1. The van der Waals surface area contributed by atoms with E-state index in [4.69, 9.17) is 5.73 Å². The van der Waals surface area contributed by atoms with E-state index in [-0.39, 0.29) is 36.0 Å². The van der Waals surface area contributed by atoms with Crippen LogP contribution in [0.15, 0.2) is 54.9 Å². The molecule has 0 bridgehead atoms. The molecule has 4 heterocycles. The van der Waals surface area contributed by atoms with Crippen molar-refractivity contribution in [3.8, 4) is 0 Å². The summed E-state index contributed by atoms with van der Waals surface area (Å²) >= 11 is 0. The first-order chi connectivity index (χ1) is 15.0. The molecule has 1 atom stereocenters. The van der Waals surface area contributed by atoms with E-state index in [2.05, 4.69) is 20.7 Å². The first kappa shape index (κ1) is 21.4. The van der Waals surface area contributed by atoms with Gasteiger partial charge in [-0.2, -0.15) is 5.10 Å². The van der Waals surface area contributed by atoms with Crippen LogP contribution >= 0.6 is 12.4 Å². The van der Waals surface area contributed by atoms with Gasteiger partial charge in [-0.25, -0.2) is 4.98 Å². The Labute approximate surface area is 190 Å². The Balaban J connectivity index is 0.00000245. The number of amides is 2. The average Bonchev–Trinajstić information content (AvgIpc) is 3.37. The number of rotatable bonds is 4. The molecule has 2 amide bonds. The summed E-state index contributed by atoms with van der Waals surface area (Å²) in [6.07, 6.45) is 3.36. The van der Waals surface area contributed by atoms with Crippen molar-refractivity contribution < 1.29 is 9.59 Å². The minimum atomic E-state index is -0.336.